The Hall–Kier alpha value is -7.48. The number of rotatable bonds is 8. The van der Waals surface area contributed by atoms with Crippen LogP contribution in [0.25, 0.3) is 12.2 Å². The van der Waals surface area contributed by atoms with E-state index in [9.17, 15) is 70.2 Å². The number of carbonyl (C=O) groups is 4. The number of Topliss-reactive ketones (excluding diaryl/α,β-unsaturated/α-hetero) is 1. The van der Waals surface area contributed by atoms with Crippen LogP contribution in [0.3, 0.4) is 0 Å². The van der Waals surface area contributed by atoms with Crippen molar-refractivity contribution in [1.29, 1.82) is 0 Å². The first-order valence-corrected chi connectivity index (χ1v) is 17.3. The lowest BCUT2D eigenvalue weighted by Gasteiger charge is -2.50. The molecule has 6 atom stereocenters. The molecule has 7 rings (SSSR count). The van der Waals surface area contributed by atoms with Crippen LogP contribution < -0.4 is 14.2 Å². The molecule has 0 saturated heterocycles. The minimum atomic E-state index is -3.12. The Bertz CT molecular complexity index is 2480. The summed E-state index contributed by atoms with van der Waals surface area (Å²) in [7, 11) is 0. The summed E-state index contributed by atoms with van der Waals surface area (Å²) in [6.07, 6.45) is -2.84. The molecule has 2 unspecified atom stereocenters. The van der Waals surface area contributed by atoms with Crippen LogP contribution in [0.5, 0.6) is 51.7 Å². The zero-order chi connectivity index (χ0) is 42.6. The Morgan fingerprint density at radius 2 is 1.31 bits per heavy atom. The number of ketones is 1. The van der Waals surface area contributed by atoms with Crippen LogP contribution in [-0.4, -0.2) is 104 Å². The largest absolute Gasteiger partial charge is 0.508 e. The number of phenols is 6. The molecule has 1 saturated carbocycles. The predicted octanol–water partition coefficient (Wildman–Crippen LogP) is 2.03. The Kier molecular flexibility index (Phi) is 9.75. The molecule has 0 spiro atoms. The van der Waals surface area contributed by atoms with E-state index in [1.165, 1.54) is 30.3 Å². The molecule has 59 heavy (non-hydrogen) atoms. The topological polar surface area (TPSA) is 317 Å². The Balaban J connectivity index is 1.13. The van der Waals surface area contributed by atoms with Crippen LogP contribution in [0.1, 0.15) is 39.9 Å². The van der Waals surface area contributed by atoms with Crippen LogP contribution in [0.15, 0.2) is 78.9 Å². The number of aliphatic carboxylic acids is 1. The van der Waals surface area contributed by atoms with Gasteiger partial charge in [-0.15, -0.1) is 0 Å². The molecule has 306 valence electrons. The number of fused-ring (bicyclic) bond motifs is 3. The highest BCUT2D eigenvalue weighted by Gasteiger charge is 2.71. The smallest absolute Gasteiger partial charge is 0.357 e. The van der Waals surface area contributed by atoms with Gasteiger partial charge in [0, 0.05) is 42.7 Å². The Morgan fingerprint density at radius 1 is 0.678 bits per heavy atom. The molecule has 1 aliphatic carbocycles. The number of carboxylic acids is 1. The van der Waals surface area contributed by atoms with Crippen molar-refractivity contribution in [3.05, 3.63) is 101 Å². The highest BCUT2D eigenvalue weighted by molar-refractivity contribution is 6.08. The average Bonchev–Trinajstić information content (AvgIpc) is 3.17. The van der Waals surface area contributed by atoms with E-state index >= 15 is 0 Å². The van der Waals surface area contributed by atoms with E-state index in [1.807, 2.05) is 0 Å². The molecule has 4 aromatic rings. The summed E-state index contributed by atoms with van der Waals surface area (Å²) in [5, 5.41) is 103. The summed E-state index contributed by atoms with van der Waals surface area (Å²) in [4.78, 5) is 52.1. The maximum atomic E-state index is 13.9. The van der Waals surface area contributed by atoms with Crippen LogP contribution in [0, 0.1) is 0 Å². The number of aliphatic hydroxyl groups is 3. The van der Waals surface area contributed by atoms with Crippen LogP contribution in [-0.2, 0) is 29.6 Å². The third-order valence-corrected chi connectivity index (χ3v) is 9.76. The molecule has 19 heteroatoms. The fourth-order valence-electron chi connectivity index (χ4n) is 6.83. The van der Waals surface area contributed by atoms with Gasteiger partial charge in [0.25, 0.3) is 5.78 Å². The number of hydrogen-bond donors (Lipinski definition) is 10. The van der Waals surface area contributed by atoms with E-state index in [4.69, 9.17) is 23.7 Å². The number of carbonyl (C=O) groups excluding carboxylic acids is 3. The predicted molar refractivity (Wildman–Crippen MR) is 194 cm³/mol. The van der Waals surface area contributed by atoms with Gasteiger partial charge in [-0.25, -0.2) is 14.4 Å². The number of hydrogen-bond acceptors (Lipinski definition) is 18. The maximum Gasteiger partial charge on any atom is 0.357 e. The first kappa shape index (κ1) is 39.7. The van der Waals surface area contributed by atoms with Crippen molar-refractivity contribution in [2.24, 2.45) is 0 Å². The SMILES string of the molecule is O=C(/C=C/c1ccc(O)c(O)c1)O[C@@H]1C[C@](OC(=O)/C=C/c2ccc3c(c2)OC2(c4ccc(O)c(O)c4)Oc4cc(O)cc(O)c4C(=O)C2(O)O3)(C(=O)O)C[C@@H](O)[C@H]1O. The van der Waals surface area contributed by atoms with Gasteiger partial charge in [-0.05, 0) is 65.7 Å². The van der Waals surface area contributed by atoms with Gasteiger partial charge in [-0.1, -0.05) is 12.1 Å². The molecule has 2 heterocycles. The molecule has 1 fully saturated rings. The highest BCUT2D eigenvalue weighted by Crippen LogP contribution is 2.55. The molecule has 0 amide bonds. The minimum Gasteiger partial charge on any atom is -0.508 e. The average molecular weight is 817 g/mol. The lowest BCUT2D eigenvalue weighted by Crippen LogP contribution is -2.70. The lowest BCUT2D eigenvalue weighted by atomic mass is 9.79. The molecular formula is C40H32O19. The van der Waals surface area contributed by atoms with Crippen molar-refractivity contribution in [3.63, 3.8) is 0 Å². The van der Waals surface area contributed by atoms with Gasteiger partial charge in [-0.3, -0.25) is 4.79 Å². The van der Waals surface area contributed by atoms with Gasteiger partial charge >= 0.3 is 29.5 Å². The number of carboxylic acid groups (broad SMARTS) is 1. The van der Waals surface area contributed by atoms with Gasteiger partial charge < -0.3 is 74.7 Å². The molecule has 0 aromatic heterocycles. The summed E-state index contributed by atoms with van der Waals surface area (Å²) in [6.45, 7) is 0. The molecule has 0 radical (unpaired) electrons. The van der Waals surface area contributed by atoms with E-state index < -0.39 is 118 Å². The summed E-state index contributed by atoms with van der Waals surface area (Å²) < 4.78 is 28.4. The van der Waals surface area contributed by atoms with Crippen molar-refractivity contribution in [2.45, 2.75) is 48.3 Å². The summed E-state index contributed by atoms with van der Waals surface area (Å²) in [6, 6.07) is 12.2. The second kappa shape index (κ2) is 14.5. The Labute approximate surface area is 330 Å². The molecule has 19 nitrogen and oxygen atoms in total. The van der Waals surface area contributed by atoms with E-state index in [0.717, 1.165) is 60.7 Å². The fourth-order valence-corrected chi connectivity index (χ4v) is 6.83. The number of aliphatic hydroxyl groups excluding tert-OH is 2. The van der Waals surface area contributed by atoms with E-state index in [1.54, 1.807) is 0 Å². The third kappa shape index (κ3) is 6.98. The fraction of sp³-hybridized carbons (Fsp3) is 0.200. The van der Waals surface area contributed by atoms with E-state index in [0.29, 0.717) is 0 Å². The van der Waals surface area contributed by atoms with Gasteiger partial charge in [0.1, 0.15) is 35.0 Å². The molecule has 3 aliphatic rings. The van der Waals surface area contributed by atoms with Crippen LogP contribution in [0.4, 0.5) is 0 Å². The van der Waals surface area contributed by atoms with Crippen LogP contribution in [0.2, 0.25) is 0 Å². The van der Waals surface area contributed by atoms with Gasteiger partial charge in [0.15, 0.2) is 34.5 Å². The molecule has 4 aromatic carbocycles. The maximum absolute atomic E-state index is 13.9. The summed E-state index contributed by atoms with van der Waals surface area (Å²) in [5.74, 6) is -15.7. The van der Waals surface area contributed by atoms with Crippen molar-refractivity contribution >= 4 is 35.8 Å². The minimum absolute atomic E-state index is 0.139. The molecule has 0 bridgehead atoms. The number of esters is 2. The number of phenolic OH excluding ortho intramolecular Hbond substituents is 6. The van der Waals surface area contributed by atoms with Crippen molar-refractivity contribution in [1.82, 2.24) is 0 Å². The first-order chi connectivity index (χ1) is 27.8. The molecular weight excluding hydrogens is 784 g/mol. The molecule has 10 N–H and O–H groups in total. The van der Waals surface area contributed by atoms with Gasteiger partial charge in [-0.2, -0.15) is 0 Å². The highest BCUT2D eigenvalue weighted by atomic mass is 16.8. The van der Waals surface area contributed by atoms with Gasteiger partial charge in [0.2, 0.25) is 5.60 Å². The molecule has 2 aliphatic heterocycles. The number of aromatic hydroxyl groups is 6. The van der Waals surface area contributed by atoms with Crippen molar-refractivity contribution in [2.75, 3.05) is 0 Å². The van der Waals surface area contributed by atoms with Gasteiger partial charge in [0.05, 0.1) is 6.10 Å². The number of ether oxygens (including phenoxy) is 5. The monoisotopic (exact) mass is 816 g/mol. The lowest BCUT2D eigenvalue weighted by molar-refractivity contribution is -0.316. The summed E-state index contributed by atoms with van der Waals surface area (Å²) >= 11 is 0. The second-order valence-corrected chi connectivity index (χ2v) is 13.7. The zero-order valence-corrected chi connectivity index (χ0v) is 30.0. The van der Waals surface area contributed by atoms with E-state index in [-0.39, 0.29) is 28.2 Å². The third-order valence-electron chi connectivity index (χ3n) is 9.76. The zero-order valence-electron chi connectivity index (χ0n) is 30.0. The standard InChI is InChI=1S/C40H32O19/c41-21-14-26(46)34-30(15-21)58-40(20-5-7-23(43)25(45)13-20)39(54,36(34)51)56-28-8-2-19(12-29(28)57-40)4-10-33(49)59-38(37(52)53)16-27(47)35(50)31(17-38)55-32(48)9-3-18-1-6-22(42)24(44)11-18/h1-15,27,31,35,41-47,50,54H,16-17H2,(H,52,53)/b9-3+,10-4+/t27-,31-,35-,38+,39?,40?/m1/s1. The first-order valence-electron chi connectivity index (χ1n) is 17.3. The Morgan fingerprint density at radius 3 is 1.98 bits per heavy atom. The number of benzene rings is 4. The normalized spacial score (nSPS) is 25.7. The second-order valence-electron chi connectivity index (χ2n) is 13.7. The van der Waals surface area contributed by atoms with Crippen LogP contribution >= 0.6 is 0 Å². The van der Waals surface area contributed by atoms with Crippen molar-refractivity contribution in [3.8, 4) is 51.7 Å². The summed E-state index contributed by atoms with van der Waals surface area (Å²) in [5.41, 5.74) is -2.96. The van der Waals surface area contributed by atoms with Crippen molar-refractivity contribution < 1.29 is 93.9 Å². The quantitative estimate of drug-likeness (QED) is 0.0691. The van der Waals surface area contributed by atoms with E-state index in [2.05, 4.69) is 0 Å².